The summed E-state index contributed by atoms with van der Waals surface area (Å²) in [4.78, 5) is 20.9. The molecule has 0 spiro atoms. The van der Waals surface area contributed by atoms with Crippen molar-refractivity contribution in [1.82, 2.24) is 0 Å². The Kier molecular flexibility index (Phi) is 4.82. The molecule has 5 nitrogen and oxygen atoms in total. The van der Waals surface area contributed by atoms with E-state index in [2.05, 4.69) is 14.2 Å². The van der Waals surface area contributed by atoms with E-state index in [1.54, 1.807) is 0 Å². The van der Waals surface area contributed by atoms with Crippen LogP contribution in [0.2, 0.25) is 0 Å². The smallest absolute Gasteiger partial charge is 0.435 e. The Morgan fingerprint density at radius 3 is 2.21 bits per heavy atom. The van der Waals surface area contributed by atoms with Crippen LogP contribution in [0.1, 0.15) is 13.8 Å². The summed E-state index contributed by atoms with van der Waals surface area (Å²) in [6.07, 6.45) is -1.08. The average molecular weight is 212 g/mol. The lowest BCUT2D eigenvalue weighted by molar-refractivity contribution is -0.178. The second-order valence-corrected chi connectivity index (χ2v) is 2.27. The standard InChI is InChI=1S/C7H10F2O5/c1-3-12-6(11)14-4-13-5(10)7(2,8)9/h3-4H2,1-2H3. The predicted molar refractivity (Wildman–Crippen MR) is 39.7 cm³/mol. The highest BCUT2D eigenvalue weighted by atomic mass is 19.3. The van der Waals surface area contributed by atoms with Crippen LogP contribution in [-0.2, 0) is 19.0 Å². The van der Waals surface area contributed by atoms with Crippen molar-refractivity contribution >= 4 is 12.1 Å². The van der Waals surface area contributed by atoms with Gasteiger partial charge in [0.05, 0.1) is 6.61 Å². The van der Waals surface area contributed by atoms with Crippen LogP contribution < -0.4 is 0 Å². The molecule has 82 valence electrons. The first-order valence-corrected chi connectivity index (χ1v) is 3.72. The van der Waals surface area contributed by atoms with Crippen LogP contribution in [0.25, 0.3) is 0 Å². The number of ether oxygens (including phenoxy) is 3. The van der Waals surface area contributed by atoms with Crippen molar-refractivity contribution in [3.63, 3.8) is 0 Å². The highest BCUT2D eigenvalue weighted by molar-refractivity contribution is 5.76. The van der Waals surface area contributed by atoms with E-state index in [9.17, 15) is 18.4 Å². The number of esters is 1. The number of carbonyl (C=O) groups excluding carboxylic acids is 2. The molecule has 0 aromatic heterocycles. The fourth-order valence-corrected chi connectivity index (χ4v) is 0.417. The molecule has 0 unspecified atom stereocenters. The molecule has 0 aliphatic heterocycles. The summed E-state index contributed by atoms with van der Waals surface area (Å²) in [6, 6.07) is 0. The molecule has 0 atom stereocenters. The second kappa shape index (κ2) is 5.36. The quantitative estimate of drug-likeness (QED) is 0.519. The van der Waals surface area contributed by atoms with E-state index in [4.69, 9.17) is 0 Å². The Morgan fingerprint density at radius 2 is 1.79 bits per heavy atom. The van der Waals surface area contributed by atoms with Crippen molar-refractivity contribution in [3.05, 3.63) is 0 Å². The third-order valence-corrected chi connectivity index (χ3v) is 0.987. The van der Waals surface area contributed by atoms with Gasteiger partial charge in [-0.2, -0.15) is 8.78 Å². The summed E-state index contributed by atoms with van der Waals surface area (Å²) in [5.41, 5.74) is 0. The maximum atomic E-state index is 12.1. The van der Waals surface area contributed by atoms with Crippen molar-refractivity contribution in [2.75, 3.05) is 13.4 Å². The molecule has 0 aromatic carbocycles. The maximum absolute atomic E-state index is 12.1. The number of hydrogen-bond acceptors (Lipinski definition) is 5. The first-order chi connectivity index (χ1) is 6.38. The van der Waals surface area contributed by atoms with Gasteiger partial charge < -0.3 is 14.2 Å². The molecular formula is C7H10F2O5. The summed E-state index contributed by atoms with van der Waals surface area (Å²) < 4.78 is 36.6. The molecule has 7 heteroatoms. The Hall–Kier alpha value is -1.40. The molecule has 0 amide bonds. The van der Waals surface area contributed by atoms with Gasteiger partial charge in [-0.05, 0) is 6.92 Å². The van der Waals surface area contributed by atoms with Crippen molar-refractivity contribution in [3.8, 4) is 0 Å². The monoisotopic (exact) mass is 212 g/mol. The highest BCUT2D eigenvalue weighted by Crippen LogP contribution is 2.13. The molecule has 0 rings (SSSR count). The summed E-state index contributed by atoms with van der Waals surface area (Å²) in [7, 11) is 0. The Labute approximate surface area is 78.9 Å². The Bertz CT molecular complexity index is 211. The largest absolute Gasteiger partial charge is 0.511 e. The molecule has 0 fully saturated rings. The summed E-state index contributed by atoms with van der Waals surface area (Å²) in [6.45, 7) is 1.10. The van der Waals surface area contributed by atoms with E-state index in [1.807, 2.05) is 0 Å². The van der Waals surface area contributed by atoms with E-state index >= 15 is 0 Å². The number of carbonyl (C=O) groups is 2. The molecule has 0 N–H and O–H groups in total. The van der Waals surface area contributed by atoms with Gasteiger partial charge >= 0.3 is 18.0 Å². The zero-order chi connectivity index (χ0) is 11.2. The minimum Gasteiger partial charge on any atom is -0.435 e. The van der Waals surface area contributed by atoms with E-state index in [0.717, 1.165) is 0 Å². The van der Waals surface area contributed by atoms with E-state index in [-0.39, 0.29) is 6.61 Å². The third-order valence-electron chi connectivity index (χ3n) is 0.987. The minimum absolute atomic E-state index is 0.0801. The van der Waals surface area contributed by atoms with Crippen LogP contribution in [-0.4, -0.2) is 31.4 Å². The summed E-state index contributed by atoms with van der Waals surface area (Å²) in [5.74, 6) is -5.36. The molecule has 0 saturated carbocycles. The van der Waals surface area contributed by atoms with E-state index < -0.39 is 24.8 Å². The molecule has 0 heterocycles. The van der Waals surface area contributed by atoms with Crippen LogP contribution in [0.3, 0.4) is 0 Å². The summed E-state index contributed by atoms with van der Waals surface area (Å²) >= 11 is 0. The fourth-order valence-electron chi connectivity index (χ4n) is 0.417. The molecule has 0 aliphatic rings. The van der Waals surface area contributed by atoms with Gasteiger partial charge in [0, 0.05) is 6.92 Å². The zero-order valence-corrected chi connectivity index (χ0v) is 7.71. The maximum Gasteiger partial charge on any atom is 0.511 e. The summed E-state index contributed by atoms with van der Waals surface area (Å²) in [5, 5.41) is 0. The lowest BCUT2D eigenvalue weighted by Gasteiger charge is -2.09. The van der Waals surface area contributed by atoms with Gasteiger partial charge in [0.2, 0.25) is 6.79 Å². The normalized spacial score (nSPS) is 10.6. The fraction of sp³-hybridized carbons (Fsp3) is 0.714. The Balaban J connectivity index is 3.65. The van der Waals surface area contributed by atoms with Gasteiger partial charge in [0.25, 0.3) is 0 Å². The second-order valence-electron chi connectivity index (χ2n) is 2.27. The van der Waals surface area contributed by atoms with Crippen molar-refractivity contribution in [1.29, 1.82) is 0 Å². The number of alkyl halides is 2. The van der Waals surface area contributed by atoms with Crippen LogP contribution in [0.5, 0.6) is 0 Å². The molecule has 0 saturated heterocycles. The van der Waals surface area contributed by atoms with Crippen molar-refractivity contribution in [2.24, 2.45) is 0 Å². The first kappa shape index (κ1) is 12.6. The van der Waals surface area contributed by atoms with E-state index in [0.29, 0.717) is 6.92 Å². The molecule has 0 bridgehead atoms. The van der Waals surface area contributed by atoms with Gasteiger partial charge in [-0.1, -0.05) is 0 Å². The lowest BCUT2D eigenvalue weighted by atomic mass is 10.4. The first-order valence-electron chi connectivity index (χ1n) is 3.72. The van der Waals surface area contributed by atoms with Gasteiger partial charge in [0.1, 0.15) is 0 Å². The molecule has 0 aliphatic carbocycles. The topological polar surface area (TPSA) is 61.8 Å². The van der Waals surface area contributed by atoms with Crippen LogP contribution in [0, 0.1) is 0 Å². The number of halogens is 2. The van der Waals surface area contributed by atoms with Gasteiger partial charge in [-0.25, -0.2) is 9.59 Å². The van der Waals surface area contributed by atoms with Crippen molar-refractivity contribution in [2.45, 2.75) is 19.8 Å². The van der Waals surface area contributed by atoms with Crippen LogP contribution in [0.15, 0.2) is 0 Å². The molecular weight excluding hydrogens is 202 g/mol. The van der Waals surface area contributed by atoms with Crippen LogP contribution in [0.4, 0.5) is 13.6 Å². The SMILES string of the molecule is CCOC(=O)OCOC(=O)C(C)(F)F. The van der Waals surface area contributed by atoms with Gasteiger partial charge in [-0.3, -0.25) is 0 Å². The molecule has 0 aromatic rings. The van der Waals surface area contributed by atoms with Crippen LogP contribution >= 0.6 is 0 Å². The third kappa shape index (κ3) is 5.28. The molecule has 14 heavy (non-hydrogen) atoms. The van der Waals surface area contributed by atoms with Gasteiger partial charge in [0.15, 0.2) is 0 Å². The average Bonchev–Trinajstić information content (AvgIpc) is 2.02. The predicted octanol–water partition coefficient (Wildman–Crippen LogP) is 1.32. The Morgan fingerprint density at radius 1 is 1.21 bits per heavy atom. The minimum atomic E-state index is -3.60. The highest BCUT2D eigenvalue weighted by Gasteiger charge is 2.34. The lowest BCUT2D eigenvalue weighted by Crippen LogP contribution is -2.28. The zero-order valence-electron chi connectivity index (χ0n) is 7.71. The van der Waals surface area contributed by atoms with Gasteiger partial charge in [-0.15, -0.1) is 0 Å². The van der Waals surface area contributed by atoms with Crippen molar-refractivity contribution < 1.29 is 32.6 Å². The van der Waals surface area contributed by atoms with E-state index in [1.165, 1.54) is 6.92 Å². The molecule has 0 radical (unpaired) electrons. The number of rotatable bonds is 4. The number of hydrogen-bond donors (Lipinski definition) is 0.